The van der Waals surface area contributed by atoms with Crippen molar-refractivity contribution in [3.8, 4) is 0 Å². The zero-order valence-corrected chi connectivity index (χ0v) is 12.7. The summed E-state index contributed by atoms with van der Waals surface area (Å²) in [5, 5.41) is 2.82. The van der Waals surface area contributed by atoms with Crippen LogP contribution in [-0.2, 0) is 19.0 Å². The molecule has 0 aliphatic heterocycles. The fourth-order valence-corrected chi connectivity index (χ4v) is 1.62. The van der Waals surface area contributed by atoms with Crippen LogP contribution in [0.15, 0.2) is 18.2 Å². The van der Waals surface area contributed by atoms with E-state index in [0.29, 0.717) is 45.1 Å². The van der Waals surface area contributed by atoms with Gasteiger partial charge in [-0.25, -0.2) is 0 Å². The van der Waals surface area contributed by atoms with Gasteiger partial charge in [-0.3, -0.25) is 4.79 Å². The molecule has 0 aliphatic rings. The lowest BCUT2D eigenvalue weighted by atomic mass is 10.2. The molecule has 6 nitrogen and oxygen atoms in total. The number of methoxy groups -OCH3 is 1. The minimum atomic E-state index is -0.0935. The maximum Gasteiger partial charge on any atom is 0.226 e. The topological polar surface area (TPSA) is 82.8 Å². The normalized spacial score (nSPS) is 10.6. The standard InChI is InChI=1S/C15H24N2O4/c1-12-3-4-13(16)11-14(12)17-15(18)5-6-20-9-10-21-8-7-19-2/h3-4,11H,5-10,16H2,1-2H3,(H,17,18). The van der Waals surface area contributed by atoms with Crippen LogP contribution >= 0.6 is 0 Å². The maximum atomic E-state index is 11.8. The molecule has 1 aromatic carbocycles. The van der Waals surface area contributed by atoms with E-state index in [-0.39, 0.29) is 5.91 Å². The predicted molar refractivity (Wildman–Crippen MR) is 82.4 cm³/mol. The van der Waals surface area contributed by atoms with Gasteiger partial charge in [0.25, 0.3) is 0 Å². The third-order valence-corrected chi connectivity index (χ3v) is 2.81. The summed E-state index contributed by atoms with van der Waals surface area (Å²) in [6, 6.07) is 5.42. The Morgan fingerprint density at radius 1 is 1.14 bits per heavy atom. The fourth-order valence-electron chi connectivity index (χ4n) is 1.62. The Balaban J connectivity index is 2.13. The van der Waals surface area contributed by atoms with Gasteiger partial charge in [-0.1, -0.05) is 6.07 Å². The van der Waals surface area contributed by atoms with E-state index in [1.807, 2.05) is 13.0 Å². The van der Waals surface area contributed by atoms with Crippen molar-refractivity contribution in [3.63, 3.8) is 0 Å². The number of nitrogens with one attached hydrogen (secondary N) is 1. The van der Waals surface area contributed by atoms with E-state index in [9.17, 15) is 4.79 Å². The Morgan fingerprint density at radius 3 is 2.52 bits per heavy atom. The number of ether oxygens (including phenoxy) is 3. The Hall–Kier alpha value is -1.63. The van der Waals surface area contributed by atoms with Gasteiger partial charge >= 0.3 is 0 Å². The lowest BCUT2D eigenvalue weighted by molar-refractivity contribution is -0.117. The van der Waals surface area contributed by atoms with Crippen LogP contribution in [0, 0.1) is 6.92 Å². The smallest absolute Gasteiger partial charge is 0.226 e. The molecule has 0 radical (unpaired) electrons. The van der Waals surface area contributed by atoms with Crippen molar-refractivity contribution >= 4 is 17.3 Å². The van der Waals surface area contributed by atoms with Crippen LogP contribution in [-0.4, -0.2) is 46.1 Å². The molecule has 0 heterocycles. The summed E-state index contributed by atoms with van der Waals surface area (Å²) in [4.78, 5) is 11.8. The first-order valence-corrected chi connectivity index (χ1v) is 6.94. The number of anilines is 2. The van der Waals surface area contributed by atoms with Crippen LogP contribution < -0.4 is 11.1 Å². The van der Waals surface area contributed by atoms with Gasteiger partial charge in [0.1, 0.15) is 0 Å². The molecular weight excluding hydrogens is 272 g/mol. The lowest BCUT2D eigenvalue weighted by Crippen LogP contribution is -2.16. The molecule has 118 valence electrons. The van der Waals surface area contributed by atoms with Gasteiger partial charge in [0, 0.05) is 18.5 Å². The lowest BCUT2D eigenvalue weighted by Gasteiger charge is -2.09. The summed E-state index contributed by atoms with van der Waals surface area (Å²) in [5.74, 6) is -0.0935. The maximum absolute atomic E-state index is 11.8. The number of amides is 1. The first-order chi connectivity index (χ1) is 10.1. The van der Waals surface area contributed by atoms with Crippen molar-refractivity contribution in [1.82, 2.24) is 0 Å². The molecule has 0 bridgehead atoms. The van der Waals surface area contributed by atoms with Crippen LogP contribution in [0.25, 0.3) is 0 Å². The van der Waals surface area contributed by atoms with E-state index in [4.69, 9.17) is 19.9 Å². The zero-order valence-electron chi connectivity index (χ0n) is 12.7. The first kappa shape index (κ1) is 17.4. The first-order valence-electron chi connectivity index (χ1n) is 6.94. The molecule has 0 saturated heterocycles. The van der Waals surface area contributed by atoms with Crippen LogP contribution in [0.1, 0.15) is 12.0 Å². The Kier molecular flexibility index (Phi) is 8.42. The number of carbonyl (C=O) groups excluding carboxylic acids is 1. The SMILES string of the molecule is COCCOCCOCCC(=O)Nc1cc(N)ccc1C. The second-order valence-corrected chi connectivity index (χ2v) is 4.59. The Morgan fingerprint density at radius 2 is 1.81 bits per heavy atom. The molecule has 0 aliphatic carbocycles. The molecule has 0 unspecified atom stereocenters. The summed E-state index contributed by atoms with van der Waals surface area (Å²) in [7, 11) is 1.63. The number of hydrogen-bond acceptors (Lipinski definition) is 5. The molecule has 0 spiro atoms. The van der Waals surface area contributed by atoms with Crippen molar-refractivity contribution in [1.29, 1.82) is 0 Å². The van der Waals surface area contributed by atoms with Gasteiger partial charge in [-0.15, -0.1) is 0 Å². The molecule has 1 aromatic rings. The summed E-state index contributed by atoms with van der Waals surface area (Å²) in [6.45, 7) is 4.37. The molecule has 6 heteroatoms. The van der Waals surface area contributed by atoms with E-state index in [0.717, 1.165) is 11.3 Å². The number of aryl methyl sites for hydroxylation is 1. The number of nitrogens with two attached hydrogens (primary N) is 1. The average molecular weight is 296 g/mol. The van der Waals surface area contributed by atoms with Gasteiger partial charge in [0.15, 0.2) is 0 Å². The van der Waals surface area contributed by atoms with Gasteiger partial charge in [0.05, 0.1) is 39.5 Å². The molecule has 21 heavy (non-hydrogen) atoms. The van der Waals surface area contributed by atoms with E-state index in [1.54, 1.807) is 19.2 Å². The van der Waals surface area contributed by atoms with Crippen molar-refractivity contribution in [2.45, 2.75) is 13.3 Å². The number of nitrogen functional groups attached to an aromatic ring is 1. The third-order valence-electron chi connectivity index (χ3n) is 2.81. The van der Waals surface area contributed by atoms with Crippen molar-refractivity contribution in [2.75, 3.05) is 51.2 Å². The van der Waals surface area contributed by atoms with Gasteiger partial charge < -0.3 is 25.3 Å². The van der Waals surface area contributed by atoms with Gasteiger partial charge in [-0.2, -0.15) is 0 Å². The van der Waals surface area contributed by atoms with Crippen LogP contribution in [0.5, 0.6) is 0 Å². The predicted octanol–water partition coefficient (Wildman–Crippen LogP) is 1.59. The molecule has 1 rings (SSSR count). The van der Waals surface area contributed by atoms with Crippen LogP contribution in [0.3, 0.4) is 0 Å². The second-order valence-electron chi connectivity index (χ2n) is 4.59. The molecule has 1 amide bonds. The monoisotopic (exact) mass is 296 g/mol. The molecule has 3 N–H and O–H groups in total. The zero-order chi connectivity index (χ0) is 15.5. The van der Waals surface area contributed by atoms with Crippen LogP contribution in [0.4, 0.5) is 11.4 Å². The van der Waals surface area contributed by atoms with Crippen molar-refractivity contribution in [2.24, 2.45) is 0 Å². The van der Waals surface area contributed by atoms with Crippen molar-refractivity contribution in [3.05, 3.63) is 23.8 Å². The number of hydrogen-bond donors (Lipinski definition) is 2. The van der Waals surface area contributed by atoms with E-state index >= 15 is 0 Å². The number of rotatable bonds is 10. The quantitative estimate of drug-likeness (QED) is 0.506. The van der Waals surface area contributed by atoms with Gasteiger partial charge in [-0.05, 0) is 24.6 Å². The summed E-state index contributed by atoms with van der Waals surface area (Å²) in [6.07, 6.45) is 0.298. The largest absolute Gasteiger partial charge is 0.399 e. The summed E-state index contributed by atoms with van der Waals surface area (Å²) < 4.78 is 15.4. The van der Waals surface area contributed by atoms with E-state index in [2.05, 4.69) is 5.32 Å². The molecule has 0 aromatic heterocycles. The average Bonchev–Trinajstić information content (AvgIpc) is 2.46. The molecular formula is C15H24N2O4. The van der Waals surface area contributed by atoms with E-state index in [1.165, 1.54) is 0 Å². The van der Waals surface area contributed by atoms with Gasteiger partial charge in [0.2, 0.25) is 5.91 Å². The minimum Gasteiger partial charge on any atom is -0.399 e. The molecule has 0 atom stereocenters. The highest BCUT2D eigenvalue weighted by Crippen LogP contribution is 2.18. The number of carbonyl (C=O) groups is 1. The molecule has 0 fully saturated rings. The molecule has 0 saturated carbocycles. The highest BCUT2D eigenvalue weighted by molar-refractivity contribution is 5.92. The van der Waals surface area contributed by atoms with Crippen molar-refractivity contribution < 1.29 is 19.0 Å². The minimum absolute atomic E-state index is 0.0935. The second kappa shape index (κ2) is 10.1. The van der Waals surface area contributed by atoms with Crippen LogP contribution in [0.2, 0.25) is 0 Å². The Labute approximate surface area is 125 Å². The number of benzene rings is 1. The fraction of sp³-hybridized carbons (Fsp3) is 0.533. The highest BCUT2D eigenvalue weighted by Gasteiger charge is 2.05. The Bertz CT molecular complexity index is 438. The summed E-state index contributed by atoms with van der Waals surface area (Å²) in [5.41, 5.74) is 8.04. The highest BCUT2D eigenvalue weighted by atomic mass is 16.5. The third kappa shape index (κ3) is 7.65. The summed E-state index contributed by atoms with van der Waals surface area (Å²) >= 11 is 0. The van der Waals surface area contributed by atoms with E-state index < -0.39 is 0 Å².